The highest BCUT2D eigenvalue weighted by Gasteiger charge is 2.67. The molecule has 2 saturated heterocycles. The van der Waals surface area contributed by atoms with Crippen molar-refractivity contribution in [3.8, 4) is 0 Å². The first-order valence-corrected chi connectivity index (χ1v) is 11.5. The van der Waals surface area contributed by atoms with E-state index in [4.69, 9.17) is 4.74 Å². The van der Waals surface area contributed by atoms with Crippen molar-refractivity contribution in [1.29, 1.82) is 0 Å². The van der Waals surface area contributed by atoms with Crippen LogP contribution in [0.2, 0.25) is 0 Å². The number of likely N-dealkylation sites (tertiary alicyclic amines) is 1. The summed E-state index contributed by atoms with van der Waals surface area (Å²) in [5.74, 6) is -0.693. The Balaban J connectivity index is 1.26. The number of nitrogens with one attached hydrogen (secondary N) is 1. The van der Waals surface area contributed by atoms with Gasteiger partial charge >= 0.3 is 5.97 Å². The number of hydrogen-bond acceptors (Lipinski definition) is 4. The first-order valence-electron chi connectivity index (χ1n) is 10.6. The van der Waals surface area contributed by atoms with Gasteiger partial charge in [-0.3, -0.25) is 14.4 Å². The van der Waals surface area contributed by atoms with Crippen molar-refractivity contribution in [2.75, 3.05) is 18.4 Å². The average Bonchev–Trinajstić information content (AvgIpc) is 3.22. The van der Waals surface area contributed by atoms with Gasteiger partial charge in [0.1, 0.15) is 6.10 Å². The van der Waals surface area contributed by atoms with Crippen molar-refractivity contribution >= 4 is 39.4 Å². The molecule has 0 aromatic heterocycles. The summed E-state index contributed by atoms with van der Waals surface area (Å²) in [6.45, 7) is 1.63. The lowest BCUT2D eigenvalue weighted by Crippen LogP contribution is -2.40. The number of carbonyl (C=O) groups is 3. The number of alkyl halides is 1. The molecule has 2 bridgehead atoms. The summed E-state index contributed by atoms with van der Waals surface area (Å²) in [4.78, 5) is 39.9. The van der Waals surface area contributed by atoms with Crippen LogP contribution < -0.4 is 5.32 Å². The Labute approximate surface area is 178 Å². The number of halogens is 1. The molecule has 2 aliphatic carbocycles. The van der Waals surface area contributed by atoms with Crippen LogP contribution in [0.15, 0.2) is 24.3 Å². The fraction of sp³-hybridized carbons (Fsp3) is 0.591. The van der Waals surface area contributed by atoms with Crippen molar-refractivity contribution in [2.45, 2.75) is 43.0 Å². The maximum Gasteiger partial charge on any atom is 0.310 e. The van der Waals surface area contributed by atoms with E-state index in [2.05, 4.69) is 21.2 Å². The molecule has 1 aromatic carbocycles. The van der Waals surface area contributed by atoms with E-state index in [1.165, 1.54) is 12.8 Å². The Morgan fingerprint density at radius 2 is 1.72 bits per heavy atom. The molecule has 4 fully saturated rings. The van der Waals surface area contributed by atoms with E-state index in [9.17, 15) is 14.4 Å². The van der Waals surface area contributed by atoms with E-state index >= 15 is 0 Å². The van der Waals surface area contributed by atoms with Gasteiger partial charge in [0.05, 0.1) is 16.7 Å². The molecule has 4 aliphatic rings. The van der Waals surface area contributed by atoms with Gasteiger partial charge in [-0.15, -0.1) is 0 Å². The van der Waals surface area contributed by atoms with Crippen LogP contribution in [0.5, 0.6) is 0 Å². The fourth-order valence-corrected chi connectivity index (χ4v) is 6.75. The molecular formula is C22H25BrN2O4. The molecule has 1 N–H and O–H groups in total. The van der Waals surface area contributed by atoms with E-state index in [0.717, 1.165) is 32.4 Å². The fourth-order valence-electron chi connectivity index (χ4n) is 5.71. The minimum atomic E-state index is -0.353. The molecule has 2 heterocycles. The van der Waals surface area contributed by atoms with Crippen molar-refractivity contribution < 1.29 is 19.1 Å². The predicted molar refractivity (Wildman–Crippen MR) is 111 cm³/mol. The molecule has 7 heteroatoms. The number of esters is 1. The lowest BCUT2D eigenvalue weighted by molar-refractivity contribution is -0.145. The van der Waals surface area contributed by atoms with Crippen LogP contribution in [0.1, 0.15) is 42.5 Å². The zero-order chi connectivity index (χ0) is 20.1. The molecule has 2 saturated carbocycles. The standard InChI is InChI=1S/C22H25BrN2O4/c23-18-14-11-15-17(22(28)29-19(15)18)16(14)20(26)24-13-7-5-12(6-8-13)21(27)25-9-3-1-2-4-10-25/h5-8,14-19H,1-4,9-11H2,(H,24,26)/t14-,15-,16-,17-,18-,19+/m1/s1. The molecule has 6 atom stereocenters. The summed E-state index contributed by atoms with van der Waals surface area (Å²) >= 11 is 3.64. The first-order chi connectivity index (χ1) is 14.0. The summed E-state index contributed by atoms with van der Waals surface area (Å²) in [5.41, 5.74) is 1.30. The van der Waals surface area contributed by atoms with E-state index in [0.29, 0.717) is 11.3 Å². The first kappa shape index (κ1) is 19.1. The molecule has 5 rings (SSSR count). The molecule has 0 radical (unpaired) electrons. The van der Waals surface area contributed by atoms with Gasteiger partial charge < -0.3 is 15.0 Å². The third-order valence-corrected chi connectivity index (χ3v) is 8.32. The van der Waals surface area contributed by atoms with Crippen LogP contribution in [0.4, 0.5) is 5.69 Å². The Morgan fingerprint density at radius 3 is 2.41 bits per heavy atom. The van der Waals surface area contributed by atoms with Gasteiger partial charge in [-0.2, -0.15) is 0 Å². The minimum Gasteiger partial charge on any atom is -0.461 e. The third kappa shape index (κ3) is 3.18. The van der Waals surface area contributed by atoms with Crippen LogP contribution >= 0.6 is 15.9 Å². The van der Waals surface area contributed by atoms with Gasteiger partial charge in [0.15, 0.2) is 0 Å². The second-order valence-corrected chi connectivity index (χ2v) is 9.79. The summed E-state index contributed by atoms with van der Waals surface area (Å²) in [6.07, 6.45) is 5.26. The van der Waals surface area contributed by atoms with Crippen LogP contribution in [0.25, 0.3) is 0 Å². The Morgan fingerprint density at radius 1 is 1.03 bits per heavy atom. The molecule has 154 valence electrons. The zero-order valence-electron chi connectivity index (χ0n) is 16.2. The highest BCUT2D eigenvalue weighted by atomic mass is 79.9. The highest BCUT2D eigenvalue weighted by molar-refractivity contribution is 9.09. The van der Waals surface area contributed by atoms with E-state index < -0.39 is 0 Å². The monoisotopic (exact) mass is 460 g/mol. The summed E-state index contributed by atoms with van der Waals surface area (Å²) < 4.78 is 5.48. The second kappa shape index (κ2) is 7.42. The molecule has 29 heavy (non-hydrogen) atoms. The number of anilines is 1. The number of benzene rings is 1. The third-order valence-electron chi connectivity index (χ3n) is 7.12. The summed E-state index contributed by atoms with van der Waals surface area (Å²) in [6, 6.07) is 7.10. The quantitative estimate of drug-likeness (QED) is 0.554. The van der Waals surface area contributed by atoms with Crippen LogP contribution in [0.3, 0.4) is 0 Å². The molecular weight excluding hydrogens is 436 g/mol. The van der Waals surface area contributed by atoms with Gasteiger partial charge in [-0.1, -0.05) is 28.8 Å². The second-order valence-electron chi connectivity index (χ2n) is 8.73. The molecule has 2 aliphatic heterocycles. The van der Waals surface area contributed by atoms with Crippen molar-refractivity contribution in [1.82, 2.24) is 4.90 Å². The van der Waals surface area contributed by atoms with E-state index in [1.807, 2.05) is 4.90 Å². The minimum absolute atomic E-state index is 0.0552. The summed E-state index contributed by atoms with van der Waals surface area (Å²) in [5, 5.41) is 2.96. The largest absolute Gasteiger partial charge is 0.461 e. The number of amides is 2. The number of nitrogens with zero attached hydrogens (tertiary/aromatic N) is 1. The van der Waals surface area contributed by atoms with Crippen LogP contribution in [-0.2, 0) is 14.3 Å². The normalized spacial score (nSPS) is 35.3. The van der Waals surface area contributed by atoms with E-state index in [1.54, 1.807) is 24.3 Å². The van der Waals surface area contributed by atoms with Crippen molar-refractivity contribution in [2.24, 2.45) is 23.7 Å². The highest BCUT2D eigenvalue weighted by Crippen LogP contribution is 2.60. The van der Waals surface area contributed by atoms with Gasteiger partial charge in [0.2, 0.25) is 5.91 Å². The Hall–Kier alpha value is -1.89. The lowest BCUT2D eigenvalue weighted by atomic mass is 9.79. The zero-order valence-corrected chi connectivity index (χ0v) is 17.8. The number of ether oxygens (including phenoxy) is 1. The maximum absolute atomic E-state index is 13.0. The van der Waals surface area contributed by atoms with Gasteiger partial charge in [0, 0.05) is 30.3 Å². The Bertz CT molecular complexity index is 834. The van der Waals surface area contributed by atoms with Crippen LogP contribution in [0, 0.1) is 23.7 Å². The van der Waals surface area contributed by atoms with Gasteiger partial charge in [0.25, 0.3) is 5.91 Å². The average molecular weight is 461 g/mol. The van der Waals surface area contributed by atoms with E-state index in [-0.39, 0.29) is 52.4 Å². The molecule has 6 nitrogen and oxygen atoms in total. The van der Waals surface area contributed by atoms with Crippen molar-refractivity contribution in [3.05, 3.63) is 29.8 Å². The molecule has 2 amide bonds. The number of carbonyl (C=O) groups excluding carboxylic acids is 3. The maximum atomic E-state index is 13.0. The summed E-state index contributed by atoms with van der Waals surface area (Å²) in [7, 11) is 0. The SMILES string of the molecule is O=C(Nc1ccc(C(=O)N2CCCCCC2)cc1)[C@@H]1[C@H]2C[C@H]3[C@H](OC(=O)[C@H]31)[C@@H]2Br. The molecule has 0 unspecified atom stereocenters. The predicted octanol–water partition coefficient (Wildman–Crippen LogP) is 3.21. The molecule has 0 spiro atoms. The topological polar surface area (TPSA) is 75.7 Å². The van der Waals surface area contributed by atoms with Crippen molar-refractivity contribution in [3.63, 3.8) is 0 Å². The lowest BCUT2D eigenvalue weighted by Gasteiger charge is -2.27. The van der Waals surface area contributed by atoms with Crippen LogP contribution in [-0.4, -0.2) is 46.7 Å². The number of rotatable bonds is 3. The van der Waals surface area contributed by atoms with Gasteiger partial charge in [-0.25, -0.2) is 0 Å². The number of fused-ring (bicyclic) bond motifs is 1. The number of hydrogen-bond donors (Lipinski definition) is 1. The molecule has 1 aromatic rings. The van der Waals surface area contributed by atoms with Gasteiger partial charge in [-0.05, 0) is 49.4 Å². The Kier molecular flexibility index (Phi) is 4.88. The smallest absolute Gasteiger partial charge is 0.310 e.